The fraction of sp³-hybridized carbons (Fsp3) is 0.500. The molecule has 2 rings (SSSR count). The highest BCUT2D eigenvalue weighted by Crippen LogP contribution is 2.25. The van der Waals surface area contributed by atoms with Crippen molar-refractivity contribution in [3.63, 3.8) is 0 Å². The minimum Gasteiger partial charge on any atom is -0.489 e. The van der Waals surface area contributed by atoms with Crippen LogP contribution in [0.5, 0.6) is 5.75 Å². The van der Waals surface area contributed by atoms with E-state index in [4.69, 9.17) is 9.84 Å². The van der Waals surface area contributed by atoms with Crippen LogP contribution in [0.4, 0.5) is 4.39 Å². The third kappa shape index (κ3) is 3.23. The molecule has 0 amide bonds. The summed E-state index contributed by atoms with van der Waals surface area (Å²) in [5.41, 5.74) is -0.391. The van der Waals surface area contributed by atoms with Crippen molar-refractivity contribution < 1.29 is 19.0 Å². The lowest BCUT2D eigenvalue weighted by Crippen LogP contribution is -2.38. The quantitative estimate of drug-likeness (QED) is 0.878. The Morgan fingerprint density at radius 1 is 1.58 bits per heavy atom. The van der Waals surface area contributed by atoms with Crippen molar-refractivity contribution in [3.8, 4) is 5.75 Å². The molecule has 1 aromatic rings. The van der Waals surface area contributed by atoms with Gasteiger partial charge < -0.3 is 15.2 Å². The fourth-order valence-corrected chi connectivity index (χ4v) is 2.39. The van der Waals surface area contributed by atoms with Gasteiger partial charge in [-0.05, 0) is 38.4 Å². The Morgan fingerprint density at radius 2 is 2.37 bits per heavy atom. The van der Waals surface area contributed by atoms with Crippen molar-refractivity contribution in [2.24, 2.45) is 5.92 Å². The molecular formula is C14H18FNO3. The molecule has 1 saturated heterocycles. The zero-order chi connectivity index (χ0) is 13.8. The number of nitrogens with one attached hydrogen (secondary N) is 1. The second kappa shape index (κ2) is 6.02. The highest BCUT2D eigenvalue weighted by Gasteiger charge is 2.24. The average Bonchev–Trinajstić information content (AvgIpc) is 2.39. The monoisotopic (exact) mass is 267 g/mol. The van der Waals surface area contributed by atoms with Crippen molar-refractivity contribution in [2.45, 2.75) is 25.9 Å². The highest BCUT2D eigenvalue weighted by molar-refractivity contribution is 5.91. The van der Waals surface area contributed by atoms with Crippen LogP contribution in [0.3, 0.4) is 0 Å². The molecular weight excluding hydrogens is 249 g/mol. The number of hydrogen-bond donors (Lipinski definition) is 2. The molecule has 2 atom stereocenters. The van der Waals surface area contributed by atoms with Gasteiger partial charge in [0.1, 0.15) is 17.1 Å². The topological polar surface area (TPSA) is 58.6 Å². The molecule has 0 aromatic heterocycles. The van der Waals surface area contributed by atoms with Crippen LogP contribution >= 0.6 is 0 Å². The molecule has 0 spiro atoms. The maximum absolute atomic E-state index is 13.5. The number of carboxylic acids is 1. The Balaban J connectivity index is 2.14. The first kappa shape index (κ1) is 13.8. The molecule has 19 heavy (non-hydrogen) atoms. The van der Waals surface area contributed by atoms with Crippen molar-refractivity contribution in [3.05, 3.63) is 29.6 Å². The van der Waals surface area contributed by atoms with E-state index in [-0.39, 0.29) is 11.9 Å². The maximum atomic E-state index is 13.5. The number of carboxylic acid groups (broad SMARTS) is 1. The van der Waals surface area contributed by atoms with E-state index in [1.807, 2.05) is 6.92 Å². The van der Waals surface area contributed by atoms with Gasteiger partial charge in [-0.2, -0.15) is 0 Å². The third-order valence-corrected chi connectivity index (χ3v) is 3.50. The van der Waals surface area contributed by atoms with Crippen LogP contribution in [0.2, 0.25) is 0 Å². The summed E-state index contributed by atoms with van der Waals surface area (Å²) in [5.74, 6) is -1.65. The molecule has 2 unspecified atom stereocenters. The lowest BCUT2D eigenvalue weighted by molar-refractivity contribution is 0.0677. The SMILES string of the molecule is CC(Oc1cccc(F)c1C(=O)O)C1CCCNC1. The van der Waals surface area contributed by atoms with Gasteiger partial charge in [-0.25, -0.2) is 9.18 Å². The second-order valence-corrected chi connectivity index (χ2v) is 4.85. The van der Waals surface area contributed by atoms with Gasteiger partial charge in [-0.1, -0.05) is 6.07 Å². The van der Waals surface area contributed by atoms with Gasteiger partial charge in [-0.15, -0.1) is 0 Å². The number of carbonyl (C=O) groups is 1. The van der Waals surface area contributed by atoms with Gasteiger partial charge in [0.25, 0.3) is 0 Å². The molecule has 1 fully saturated rings. The van der Waals surface area contributed by atoms with Gasteiger partial charge in [-0.3, -0.25) is 0 Å². The van der Waals surface area contributed by atoms with Crippen LogP contribution in [0.25, 0.3) is 0 Å². The minimum atomic E-state index is -1.30. The number of rotatable bonds is 4. The zero-order valence-electron chi connectivity index (χ0n) is 10.9. The fourth-order valence-electron chi connectivity index (χ4n) is 2.39. The van der Waals surface area contributed by atoms with Crippen LogP contribution in [0, 0.1) is 11.7 Å². The van der Waals surface area contributed by atoms with E-state index < -0.39 is 17.3 Å². The Kier molecular flexibility index (Phi) is 4.37. The molecule has 4 nitrogen and oxygen atoms in total. The molecule has 0 radical (unpaired) electrons. The summed E-state index contributed by atoms with van der Waals surface area (Å²) >= 11 is 0. The number of aromatic carboxylic acids is 1. The molecule has 1 aromatic carbocycles. The van der Waals surface area contributed by atoms with Gasteiger partial charge in [0, 0.05) is 12.5 Å². The van der Waals surface area contributed by atoms with E-state index in [0.717, 1.165) is 32.0 Å². The van der Waals surface area contributed by atoms with Gasteiger partial charge >= 0.3 is 5.97 Å². The molecule has 2 N–H and O–H groups in total. The van der Waals surface area contributed by atoms with Crippen molar-refractivity contribution in [1.29, 1.82) is 0 Å². The Labute approximate surface area is 111 Å². The summed E-state index contributed by atoms with van der Waals surface area (Å²) in [6, 6.07) is 4.09. The van der Waals surface area contributed by atoms with E-state index >= 15 is 0 Å². The highest BCUT2D eigenvalue weighted by atomic mass is 19.1. The Morgan fingerprint density at radius 3 is 3.00 bits per heavy atom. The molecule has 104 valence electrons. The maximum Gasteiger partial charge on any atom is 0.342 e. The van der Waals surface area contributed by atoms with Crippen LogP contribution in [0.1, 0.15) is 30.1 Å². The summed E-state index contributed by atoms with van der Waals surface area (Å²) in [6.45, 7) is 3.75. The van der Waals surface area contributed by atoms with E-state index in [1.165, 1.54) is 12.1 Å². The average molecular weight is 267 g/mol. The van der Waals surface area contributed by atoms with Crippen molar-refractivity contribution >= 4 is 5.97 Å². The summed E-state index contributed by atoms with van der Waals surface area (Å²) < 4.78 is 19.2. The lowest BCUT2D eigenvalue weighted by Gasteiger charge is -2.29. The molecule has 0 bridgehead atoms. The van der Waals surface area contributed by atoms with E-state index in [2.05, 4.69) is 5.32 Å². The number of benzene rings is 1. The zero-order valence-corrected chi connectivity index (χ0v) is 10.9. The number of ether oxygens (including phenoxy) is 1. The third-order valence-electron chi connectivity index (χ3n) is 3.50. The molecule has 1 heterocycles. The number of hydrogen-bond acceptors (Lipinski definition) is 3. The standard InChI is InChI=1S/C14H18FNO3/c1-9(10-4-3-7-16-8-10)19-12-6-2-5-11(15)13(12)14(17)18/h2,5-6,9-10,16H,3-4,7-8H2,1H3,(H,17,18). The smallest absolute Gasteiger partial charge is 0.342 e. The number of piperidine rings is 1. The molecule has 5 heteroatoms. The predicted molar refractivity (Wildman–Crippen MR) is 69.0 cm³/mol. The van der Waals surface area contributed by atoms with Crippen LogP contribution < -0.4 is 10.1 Å². The van der Waals surface area contributed by atoms with Crippen LogP contribution in [-0.4, -0.2) is 30.3 Å². The van der Waals surface area contributed by atoms with Crippen LogP contribution in [-0.2, 0) is 0 Å². The largest absolute Gasteiger partial charge is 0.489 e. The minimum absolute atomic E-state index is 0.102. The van der Waals surface area contributed by atoms with Crippen LogP contribution in [0.15, 0.2) is 18.2 Å². The second-order valence-electron chi connectivity index (χ2n) is 4.85. The molecule has 1 aliphatic rings. The lowest BCUT2D eigenvalue weighted by atomic mass is 9.94. The summed E-state index contributed by atoms with van der Waals surface area (Å²) in [6.07, 6.45) is 1.96. The molecule has 1 aliphatic heterocycles. The van der Waals surface area contributed by atoms with Crippen molar-refractivity contribution in [1.82, 2.24) is 5.32 Å². The van der Waals surface area contributed by atoms with E-state index in [0.29, 0.717) is 5.92 Å². The summed E-state index contributed by atoms with van der Waals surface area (Å²) in [7, 11) is 0. The van der Waals surface area contributed by atoms with E-state index in [1.54, 1.807) is 0 Å². The summed E-state index contributed by atoms with van der Waals surface area (Å²) in [5, 5.41) is 12.3. The van der Waals surface area contributed by atoms with Gasteiger partial charge in [0.2, 0.25) is 0 Å². The first-order chi connectivity index (χ1) is 9.09. The number of halogens is 1. The summed E-state index contributed by atoms with van der Waals surface area (Å²) in [4.78, 5) is 11.1. The normalized spacial score (nSPS) is 20.8. The molecule has 0 saturated carbocycles. The van der Waals surface area contributed by atoms with Crippen molar-refractivity contribution in [2.75, 3.05) is 13.1 Å². The molecule has 0 aliphatic carbocycles. The Hall–Kier alpha value is -1.62. The first-order valence-electron chi connectivity index (χ1n) is 6.48. The Bertz CT molecular complexity index is 458. The van der Waals surface area contributed by atoms with Gasteiger partial charge in [0.15, 0.2) is 0 Å². The first-order valence-corrected chi connectivity index (χ1v) is 6.48. The predicted octanol–water partition coefficient (Wildman–Crippen LogP) is 2.29. The van der Waals surface area contributed by atoms with E-state index in [9.17, 15) is 9.18 Å². The van der Waals surface area contributed by atoms with Gasteiger partial charge in [0.05, 0.1) is 6.10 Å².